The number of hydrogen-bond acceptors (Lipinski definition) is 2. The summed E-state index contributed by atoms with van der Waals surface area (Å²) < 4.78 is 14.1. The molecule has 1 fully saturated rings. The highest BCUT2D eigenvalue weighted by atomic mass is 19.1. The van der Waals surface area contributed by atoms with Crippen LogP contribution in [0, 0.1) is 11.7 Å². The molecule has 0 spiro atoms. The molecule has 1 aliphatic heterocycles. The van der Waals surface area contributed by atoms with Gasteiger partial charge in [0.05, 0.1) is 5.69 Å². The molecule has 0 amide bonds. The Labute approximate surface area is 119 Å². The smallest absolute Gasteiger partial charge is 0.146 e. The van der Waals surface area contributed by atoms with Gasteiger partial charge in [0.25, 0.3) is 0 Å². The summed E-state index contributed by atoms with van der Waals surface area (Å²) in [6, 6.07) is 17.3. The third kappa shape index (κ3) is 2.99. The summed E-state index contributed by atoms with van der Waals surface area (Å²) in [7, 11) is 0. The Morgan fingerprint density at radius 3 is 2.35 bits per heavy atom. The van der Waals surface area contributed by atoms with Crippen molar-refractivity contribution in [2.24, 2.45) is 5.92 Å². The Kier molecular flexibility index (Phi) is 3.97. The summed E-state index contributed by atoms with van der Waals surface area (Å²) in [5.41, 5.74) is 1.91. The van der Waals surface area contributed by atoms with Gasteiger partial charge in [0.1, 0.15) is 5.82 Å². The van der Waals surface area contributed by atoms with Gasteiger partial charge in [0.2, 0.25) is 0 Å². The molecule has 3 rings (SSSR count). The van der Waals surface area contributed by atoms with E-state index in [0.717, 1.165) is 26.2 Å². The van der Waals surface area contributed by atoms with Crippen LogP contribution in [-0.2, 0) is 6.54 Å². The van der Waals surface area contributed by atoms with Gasteiger partial charge in [0, 0.05) is 32.1 Å². The minimum absolute atomic E-state index is 0.143. The van der Waals surface area contributed by atoms with E-state index in [1.165, 1.54) is 11.6 Å². The van der Waals surface area contributed by atoms with Crippen LogP contribution in [0.2, 0.25) is 0 Å². The summed E-state index contributed by atoms with van der Waals surface area (Å²) in [5.74, 6) is 0.467. The van der Waals surface area contributed by atoms with Crippen molar-refractivity contribution >= 4 is 5.69 Å². The minimum atomic E-state index is -0.143. The summed E-state index contributed by atoms with van der Waals surface area (Å²) >= 11 is 0. The first-order chi connectivity index (χ1) is 9.83. The molecule has 2 nitrogen and oxygen atoms in total. The van der Waals surface area contributed by atoms with Crippen molar-refractivity contribution in [2.75, 3.05) is 24.5 Å². The molecule has 1 saturated heterocycles. The Hall–Kier alpha value is -1.87. The molecule has 104 valence electrons. The van der Waals surface area contributed by atoms with Crippen LogP contribution < -0.4 is 10.2 Å². The monoisotopic (exact) mass is 270 g/mol. The molecule has 0 radical (unpaired) electrons. The van der Waals surface area contributed by atoms with Gasteiger partial charge in [-0.3, -0.25) is 0 Å². The average Bonchev–Trinajstić information content (AvgIpc) is 2.43. The molecular weight excluding hydrogens is 251 g/mol. The minimum Gasteiger partial charge on any atom is -0.364 e. The molecule has 0 atom stereocenters. The maximum absolute atomic E-state index is 14.1. The third-order valence-corrected chi connectivity index (χ3v) is 3.75. The Balaban J connectivity index is 1.81. The molecule has 1 aliphatic rings. The van der Waals surface area contributed by atoms with Gasteiger partial charge in [0.15, 0.2) is 0 Å². The quantitative estimate of drug-likeness (QED) is 0.898. The Bertz CT molecular complexity index is 552. The van der Waals surface area contributed by atoms with Crippen LogP contribution in [0.1, 0.15) is 5.56 Å². The second-order valence-electron chi connectivity index (χ2n) is 5.34. The summed E-state index contributed by atoms with van der Waals surface area (Å²) in [6.07, 6.45) is 0. The number of hydrogen-bond donors (Lipinski definition) is 1. The maximum atomic E-state index is 14.1. The molecule has 2 aromatic carbocycles. The predicted molar refractivity (Wildman–Crippen MR) is 80.3 cm³/mol. The average molecular weight is 270 g/mol. The van der Waals surface area contributed by atoms with Crippen LogP contribution in [0.3, 0.4) is 0 Å². The maximum Gasteiger partial charge on any atom is 0.146 e. The molecule has 0 bridgehead atoms. The van der Waals surface area contributed by atoms with Crippen LogP contribution >= 0.6 is 0 Å². The van der Waals surface area contributed by atoms with Gasteiger partial charge >= 0.3 is 0 Å². The topological polar surface area (TPSA) is 15.3 Å². The lowest BCUT2D eigenvalue weighted by atomic mass is 10.0. The number of halogens is 1. The molecule has 0 unspecified atom stereocenters. The lowest BCUT2D eigenvalue weighted by Gasteiger charge is -2.34. The molecule has 0 saturated carbocycles. The van der Waals surface area contributed by atoms with Crippen LogP contribution in [0.4, 0.5) is 10.1 Å². The van der Waals surface area contributed by atoms with Crippen LogP contribution in [0.15, 0.2) is 54.6 Å². The van der Waals surface area contributed by atoms with Gasteiger partial charge < -0.3 is 10.2 Å². The predicted octanol–water partition coefficient (Wildman–Crippen LogP) is 3.05. The van der Waals surface area contributed by atoms with E-state index in [2.05, 4.69) is 22.3 Å². The number of nitrogens with one attached hydrogen (secondary N) is 1. The van der Waals surface area contributed by atoms with E-state index in [1.54, 1.807) is 6.07 Å². The van der Waals surface area contributed by atoms with Gasteiger partial charge in [-0.25, -0.2) is 4.39 Å². The van der Waals surface area contributed by atoms with Crippen LogP contribution in [-0.4, -0.2) is 19.6 Å². The summed E-state index contributed by atoms with van der Waals surface area (Å²) in [6.45, 7) is 3.70. The fraction of sp³-hybridized carbons (Fsp3) is 0.294. The fourth-order valence-electron chi connectivity index (χ4n) is 2.55. The standard InChI is InChI=1S/C17H19FN2/c18-16-8-4-5-9-17(16)20(13-15-10-19-11-15)12-14-6-2-1-3-7-14/h1-9,15,19H,10-13H2. The number of anilines is 1. The van der Waals surface area contributed by atoms with Crippen molar-refractivity contribution in [3.8, 4) is 0 Å². The summed E-state index contributed by atoms with van der Waals surface area (Å²) in [4.78, 5) is 2.15. The van der Waals surface area contributed by atoms with E-state index in [9.17, 15) is 4.39 Å². The Morgan fingerprint density at radius 2 is 1.70 bits per heavy atom. The number of benzene rings is 2. The fourth-order valence-corrected chi connectivity index (χ4v) is 2.55. The van der Waals surface area contributed by atoms with E-state index in [-0.39, 0.29) is 5.82 Å². The molecule has 0 aliphatic carbocycles. The molecule has 20 heavy (non-hydrogen) atoms. The lowest BCUT2D eigenvalue weighted by molar-refractivity contribution is 0.347. The zero-order valence-corrected chi connectivity index (χ0v) is 11.4. The van der Waals surface area contributed by atoms with E-state index >= 15 is 0 Å². The SMILES string of the molecule is Fc1ccccc1N(Cc1ccccc1)CC1CNC1. The van der Waals surface area contributed by atoms with Gasteiger partial charge in [-0.1, -0.05) is 42.5 Å². The van der Waals surface area contributed by atoms with Gasteiger partial charge in [-0.2, -0.15) is 0 Å². The number of nitrogens with zero attached hydrogens (tertiary/aromatic N) is 1. The van der Waals surface area contributed by atoms with Crippen molar-refractivity contribution in [1.82, 2.24) is 5.32 Å². The van der Waals surface area contributed by atoms with Crippen LogP contribution in [0.5, 0.6) is 0 Å². The van der Waals surface area contributed by atoms with Gasteiger partial charge in [-0.15, -0.1) is 0 Å². The van der Waals surface area contributed by atoms with Crippen molar-refractivity contribution in [3.05, 3.63) is 66.0 Å². The van der Waals surface area contributed by atoms with Gasteiger partial charge in [-0.05, 0) is 17.7 Å². The van der Waals surface area contributed by atoms with E-state index < -0.39 is 0 Å². The van der Waals surface area contributed by atoms with Crippen molar-refractivity contribution in [3.63, 3.8) is 0 Å². The number of para-hydroxylation sites is 1. The molecule has 1 N–H and O–H groups in total. The molecule has 1 heterocycles. The molecule has 2 aromatic rings. The van der Waals surface area contributed by atoms with E-state index in [0.29, 0.717) is 11.6 Å². The van der Waals surface area contributed by atoms with Crippen molar-refractivity contribution in [1.29, 1.82) is 0 Å². The first-order valence-electron chi connectivity index (χ1n) is 7.07. The number of rotatable bonds is 5. The first-order valence-corrected chi connectivity index (χ1v) is 7.07. The third-order valence-electron chi connectivity index (χ3n) is 3.75. The largest absolute Gasteiger partial charge is 0.364 e. The zero-order chi connectivity index (χ0) is 13.8. The Morgan fingerprint density at radius 1 is 1.00 bits per heavy atom. The highest BCUT2D eigenvalue weighted by Gasteiger charge is 2.22. The van der Waals surface area contributed by atoms with E-state index in [1.807, 2.05) is 30.3 Å². The highest BCUT2D eigenvalue weighted by Crippen LogP contribution is 2.23. The second kappa shape index (κ2) is 6.06. The first kappa shape index (κ1) is 13.1. The molecular formula is C17H19FN2. The lowest BCUT2D eigenvalue weighted by Crippen LogP contribution is -2.48. The zero-order valence-electron chi connectivity index (χ0n) is 11.4. The van der Waals surface area contributed by atoms with Crippen molar-refractivity contribution in [2.45, 2.75) is 6.54 Å². The molecule has 3 heteroatoms. The normalized spacial score (nSPS) is 14.8. The second-order valence-corrected chi connectivity index (χ2v) is 5.34. The highest BCUT2D eigenvalue weighted by molar-refractivity contribution is 5.48. The van der Waals surface area contributed by atoms with E-state index in [4.69, 9.17) is 0 Å². The summed E-state index contributed by atoms with van der Waals surface area (Å²) in [5, 5.41) is 3.28. The molecule has 0 aromatic heterocycles. The van der Waals surface area contributed by atoms with Crippen LogP contribution in [0.25, 0.3) is 0 Å². The van der Waals surface area contributed by atoms with Crippen molar-refractivity contribution < 1.29 is 4.39 Å².